The van der Waals surface area contributed by atoms with Crippen LogP contribution in [-0.4, -0.2) is 56.6 Å². The van der Waals surface area contributed by atoms with Crippen LogP contribution in [0.15, 0.2) is 53.2 Å². The summed E-state index contributed by atoms with van der Waals surface area (Å²) in [6.45, 7) is 4.64. The molecule has 8 heteroatoms. The van der Waals surface area contributed by atoms with E-state index in [1.54, 1.807) is 62.6 Å². The highest BCUT2D eigenvalue weighted by Gasteiger charge is 2.24. The van der Waals surface area contributed by atoms with Crippen molar-refractivity contribution in [1.29, 1.82) is 0 Å². The van der Waals surface area contributed by atoms with Crippen molar-refractivity contribution in [2.45, 2.75) is 13.8 Å². The number of ether oxygens (including phenoxy) is 4. The Morgan fingerprint density at radius 3 is 2.38 bits per heavy atom. The van der Waals surface area contributed by atoms with Crippen LogP contribution in [0, 0.1) is 0 Å². The van der Waals surface area contributed by atoms with Crippen LogP contribution in [0.3, 0.4) is 0 Å². The fourth-order valence-corrected chi connectivity index (χ4v) is 2.82. The number of carbonyl (C=O) groups is 2. The molecule has 1 amide bonds. The molecule has 3 rings (SSSR count). The molecule has 0 N–H and O–H groups in total. The molecule has 0 atom stereocenters. The van der Waals surface area contributed by atoms with Crippen molar-refractivity contribution in [3.8, 4) is 17.2 Å². The Morgan fingerprint density at radius 2 is 1.72 bits per heavy atom. The van der Waals surface area contributed by atoms with E-state index < -0.39 is 5.97 Å². The molecule has 0 fully saturated rings. The van der Waals surface area contributed by atoms with E-state index in [2.05, 4.69) is 4.99 Å². The highest BCUT2D eigenvalue weighted by molar-refractivity contribution is 6.12. The van der Waals surface area contributed by atoms with Gasteiger partial charge in [-0.3, -0.25) is 4.79 Å². The number of esters is 1. The molecule has 0 radical (unpaired) electrons. The van der Waals surface area contributed by atoms with Gasteiger partial charge in [0, 0.05) is 19.7 Å². The Morgan fingerprint density at radius 1 is 1.00 bits per heavy atom. The first-order valence-corrected chi connectivity index (χ1v) is 10.3. The molecule has 0 bridgehead atoms. The Kier molecular flexibility index (Phi) is 7.49. The van der Waals surface area contributed by atoms with Gasteiger partial charge in [0.15, 0.2) is 23.8 Å². The van der Waals surface area contributed by atoms with Crippen LogP contribution >= 0.6 is 0 Å². The zero-order valence-corrected chi connectivity index (χ0v) is 18.6. The fourth-order valence-electron chi connectivity index (χ4n) is 2.82. The number of hydrogen-bond donors (Lipinski definition) is 0. The van der Waals surface area contributed by atoms with Crippen LogP contribution < -0.4 is 14.2 Å². The van der Waals surface area contributed by atoms with E-state index in [9.17, 15) is 9.59 Å². The second kappa shape index (κ2) is 10.5. The van der Waals surface area contributed by atoms with E-state index >= 15 is 0 Å². The van der Waals surface area contributed by atoms with Crippen LogP contribution in [0.4, 0.5) is 0 Å². The average Bonchev–Trinajstić information content (AvgIpc) is 3.14. The average molecular weight is 438 g/mol. The van der Waals surface area contributed by atoms with Crippen molar-refractivity contribution in [3.05, 3.63) is 59.3 Å². The normalized spacial score (nSPS) is 14.1. The van der Waals surface area contributed by atoms with E-state index in [4.69, 9.17) is 18.9 Å². The lowest BCUT2D eigenvalue weighted by molar-refractivity contribution is -0.131. The molecule has 0 saturated carbocycles. The predicted molar refractivity (Wildman–Crippen MR) is 120 cm³/mol. The number of cyclic esters (lactones) is 1. The molecule has 0 aromatic heterocycles. The third-order valence-electron chi connectivity index (χ3n) is 4.45. The number of carbonyl (C=O) groups excluding carboxylic acids is 2. The van der Waals surface area contributed by atoms with Crippen molar-refractivity contribution in [2.75, 3.05) is 33.9 Å². The number of benzene rings is 2. The summed E-state index contributed by atoms with van der Waals surface area (Å²) in [6, 6.07) is 12.3. The second-order valence-corrected chi connectivity index (χ2v) is 7.01. The van der Waals surface area contributed by atoms with Gasteiger partial charge in [-0.05, 0) is 61.9 Å². The van der Waals surface area contributed by atoms with Crippen LogP contribution in [0.1, 0.15) is 25.0 Å². The molecule has 32 heavy (non-hydrogen) atoms. The largest absolute Gasteiger partial charge is 0.494 e. The quantitative estimate of drug-likeness (QED) is 0.441. The summed E-state index contributed by atoms with van der Waals surface area (Å²) in [4.78, 5) is 29.9. The Bertz CT molecular complexity index is 1040. The molecule has 1 aliphatic rings. The first-order valence-electron chi connectivity index (χ1n) is 10.3. The third-order valence-corrected chi connectivity index (χ3v) is 4.45. The lowest BCUT2D eigenvalue weighted by atomic mass is 10.1. The standard InChI is InChI=1S/C24H26N2O6/c1-5-29-18-10-8-17(9-11-18)23-25-19(24(28)32-23)13-16-7-12-20(21(14-16)30-6-2)31-15-22(27)26(3)4/h7-14H,5-6,15H2,1-4H3/b19-13+. The monoisotopic (exact) mass is 438 g/mol. The molecule has 1 aliphatic heterocycles. The number of hydrogen-bond acceptors (Lipinski definition) is 7. The molecule has 0 saturated heterocycles. The minimum atomic E-state index is -0.538. The second-order valence-electron chi connectivity index (χ2n) is 7.01. The van der Waals surface area contributed by atoms with Gasteiger partial charge in [0.05, 0.1) is 13.2 Å². The zero-order valence-electron chi connectivity index (χ0n) is 18.6. The zero-order chi connectivity index (χ0) is 23.1. The summed E-state index contributed by atoms with van der Waals surface area (Å²) in [6.07, 6.45) is 1.61. The molecule has 8 nitrogen and oxygen atoms in total. The van der Waals surface area contributed by atoms with E-state index in [0.717, 1.165) is 5.75 Å². The summed E-state index contributed by atoms with van der Waals surface area (Å²) < 4.78 is 22.0. The van der Waals surface area contributed by atoms with E-state index in [-0.39, 0.29) is 24.1 Å². The van der Waals surface area contributed by atoms with Crippen molar-refractivity contribution >= 4 is 23.9 Å². The molecular weight excluding hydrogens is 412 g/mol. The van der Waals surface area contributed by atoms with Gasteiger partial charge in [0.25, 0.3) is 5.91 Å². The topological polar surface area (TPSA) is 86.7 Å². The maximum absolute atomic E-state index is 12.3. The highest BCUT2D eigenvalue weighted by atomic mass is 16.6. The molecular formula is C24H26N2O6. The van der Waals surface area contributed by atoms with E-state index in [0.29, 0.717) is 35.8 Å². The minimum absolute atomic E-state index is 0.102. The highest BCUT2D eigenvalue weighted by Crippen LogP contribution is 2.30. The number of amides is 1. The molecule has 2 aromatic rings. The van der Waals surface area contributed by atoms with Gasteiger partial charge < -0.3 is 23.8 Å². The van der Waals surface area contributed by atoms with Crippen molar-refractivity contribution in [2.24, 2.45) is 4.99 Å². The maximum atomic E-state index is 12.3. The summed E-state index contributed by atoms with van der Waals surface area (Å²) in [5.74, 6) is 1.17. The molecule has 0 aliphatic carbocycles. The van der Waals surface area contributed by atoms with E-state index in [1.807, 2.05) is 13.8 Å². The fraction of sp³-hybridized carbons (Fsp3) is 0.292. The third kappa shape index (κ3) is 5.66. The van der Waals surface area contributed by atoms with Gasteiger partial charge in [-0.15, -0.1) is 0 Å². The number of likely N-dealkylation sites (N-methyl/N-ethyl adjacent to an activating group) is 1. The minimum Gasteiger partial charge on any atom is -0.494 e. The lowest BCUT2D eigenvalue weighted by Gasteiger charge is -2.14. The number of aliphatic imine (C=N–C) groups is 1. The van der Waals surface area contributed by atoms with Crippen LogP contribution in [0.25, 0.3) is 6.08 Å². The van der Waals surface area contributed by atoms with Gasteiger partial charge >= 0.3 is 5.97 Å². The SMILES string of the molecule is CCOc1ccc(C2=N/C(=C/c3ccc(OCC(=O)N(C)C)c(OCC)c3)C(=O)O2)cc1. The van der Waals surface area contributed by atoms with Crippen molar-refractivity contribution in [1.82, 2.24) is 4.90 Å². The van der Waals surface area contributed by atoms with E-state index in [1.165, 1.54) is 4.90 Å². The summed E-state index contributed by atoms with van der Waals surface area (Å²) in [5, 5.41) is 0. The molecule has 1 heterocycles. The molecule has 0 unspecified atom stereocenters. The number of rotatable bonds is 9. The van der Waals surface area contributed by atoms with Gasteiger partial charge in [-0.1, -0.05) is 6.07 Å². The summed E-state index contributed by atoms with van der Waals surface area (Å²) in [5.41, 5.74) is 1.53. The Balaban J connectivity index is 1.80. The van der Waals surface area contributed by atoms with Crippen LogP contribution in [-0.2, 0) is 14.3 Å². The molecule has 168 valence electrons. The first-order chi connectivity index (χ1) is 15.4. The first kappa shape index (κ1) is 22.9. The lowest BCUT2D eigenvalue weighted by Crippen LogP contribution is -2.27. The van der Waals surface area contributed by atoms with Crippen molar-refractivity contribution in [3.63, 3.8) is 0 Å². The Labute approximate surface area is 187 Å². The van der Waals surface area contributed by atoms with Gasteiger partial charge in [-0.25, -0.2) is 9.79 Å². The molecule has 0 spiro atoms. The van der Waals surface area contributed by atoms with Gasteiger partial charge in [0.2, 0.25) is 5.90 Å². The Hall–Kier alpha value is -3.81. The molecule has 2 aromatic carbocycles. The predicted octanol–water partition coefficient (Wildman–Crippen LogP) is 3.30. The van der Waals surface area contributed by atoms with Gasteiger partial charge in [0.1, 0.15) is 5.75 Å². The van der Waals surface area contributed by atoms with Crippen LogP contribution in [0.5, 0.6) is 17.2 Å². The van der Waals surface area contributed by atoms with Gasteiger partial charge in [-0.2, -0.15) is 0 Å². The summed E-state index contributed by atoms with van der Waals surface area (Å²) in [7, 11) is 3.32. The smallest absolute Gasteiger partial charge is 0.363 e. The summed E-state index contributed by atoms with van der Waals surface area (Å²) >= 11 is 0. The maximum Gasteiger partial charge on any atom is 0.363 e. The van der Waals surface area contributed by atoms with Crippen LogP contribution in [0.2, 0.25) is 0 Å². The van der Waals surface area contributed by atoms with Crippen molar-refractivity contribution < 1.29 is 28.5 Å². The number of nitrogens with zero attached hydrogens (tertiary/aromatic N) is 2.